The van der Waals surface area contributed by atoms with Gasteiger partial charge in [-0.05, 0) is 34.4 Å². The second-order valence-electron chi connectivity index (χ2n) is 9.01. The van der Waals surface area contributed by atoms with Crippen LogP contribution in [0.15, 0.2) is 78.9 Å². The lowest BCUT2D eigenvalue weighted by Crippen LogP contribution is -2.57. The van der Waals surface area contributed by atoms with Gasteiger partial charge in [-0.25, -0.2) is 0 Å². The molecular formula is C28H24N2O5. The topological polar surface area (TPSA) is 116 Å². The van der Waals surface area contributed by atoms with E-state index in [-0.39, 0.29) is 12.2 Å². The van der Waals surface area contributed by atoms with E-state index in [0.29, 0.717) is 5.56 Å². The van der Waals surface area contributed by atoms with Crippen molar-refractivity contribution in [1.29, 1.82) is 0 Å². The molecule has 3 aromatic carbocycles. The second kappa shape index (κ2) is 8.85. The number of carboxylic acid groups (broad SMARTS) is 1. The van der Waals surface area contributed by atoms with Gasteiger partial charge in [0.05, 0.1) is 11.8 Å². The molecule has 176 valence electrons. The smallest absolute Gasteiger partial charge is 0.325 e. The molecule has 35 heavy (non-hydrogen) atoms. The molecule has 3 aromatic rings. The van der Waals surface area contributed by atoms with Crippen LogP contribution in [0.25, 0.3) is 12.2 Å². The maximum absolute atomic E-state index is 12.8. The van der Waals surface area contributed by atoms with Crippen molar-refractivity contribution < 1.29 is 24.6 Å². The molecule has 0 aliphatic carbocycles. The number of phenolic OH excluding ortho intramolecular Hbond substituents is 1. The van der Waals surface area contributed by atoms with Crippen molar-refractivity contribution in [3.8, 4) is 5.75 Å². The molecule has 2 heterocycles. The number of aliphatic carboxylic acids is 1. The second-order valence-corrected chi connectivity index (χ2v) is 9.01. The fourth-order valence-corrected chi connectivity index (χ4v) is 5.16. The maximum atomic E-state index is 12.8. The number of carbonyl (C=O) groups excluding carboxylic acids is 2. The molecule has 5 rings (SSSR count). The van der Waals surface area contributed by atoms with Gasteiger partial charge in [-0.3, -0.25) is 25.0 Å². The zero-order valence-corrected chi connectivity index (χ0v) is 18.7. The summed E-state index contributed by atoms with van der Waals surface area (Å²) in [6.45, 7) is 0. The van der Waals surface area contributed by atoms with Gasteiger partial charge < -0.3 is 10.2 Å². The zero-order chi connectivity index (χ0) is 24.6. The quantitative estimate of drug-likeness (QED) is 0.326. The molecule has 2 aliphatic heterocycles. The molecule has 0 radical (unpaired) electrons. The highest BCUT2D eigenvalue weighted by Crippen LogP contribution is 2.47. The Kier molecular flexibility index (Phi) is 5.70. The van der Waals surface area contributed by atoms with E-state index in [0.717, 1.165) is 16.7 Å². The Morgan fingerprint density at radius 1 is 0.857 bits per heavy atom. The average molecular weight is 469 g/mol. The molecule has 0 aromatic heterocycles. The summed E-state index contributed by atoms with van der Waals surface area (Å²) in [5, 5.41) is 25.4. The van der Waals surface area contributed by atoms with Crippen LogP contribution in [0.5, 0.6) is 5.75 Å². The number of hydrogen-bond donors (Lipinski definition) is 4. The summed E-state index contributed by atoms with van der Waals surface area (Å²) in [6, 6.07) is 22.9. The largest absolute Gasteiger partial charge is 0.508 e. The summed E-state index contributed by atoms with van der Waals surface area (Å²) >= 11 is 0. The van der Waals surface area contributed by atoms with Crippen molar-refractivity contribution in [2.75, 3.05) is 0 Å². The normalized spacial score (nSPS) is 25.5. The van der Waals surface area contributed by atoms with E-state index >= 15 is 0 Å². The Hall–Kier alpha value is -4.23. The molecule has 4 N–H and O–H groups in total. The van der Waals surface area contributed by atoms with Crippen LogP contribution in [-0.4, -0.2) is 33.5 Å². The fraction of sp³-hybridized carbons (Fsp3) is 0.179. The highest BCUT2D eigenvalue weighted by molar-refractivity contribution is 6.09. The van der Waals surface area contributed by atoms with Crippen molar-refractivity contribution in [1.82, 2.24) is 10.6 Å². The minimum Gasteiger partial charge on any atom is -0.508 e. The van der Waals surface area contributed by atoms with Crippen LogP contribution in [0, 0.1) is 11.8 Å². The highest BCUT2D eigenvalue weighted by atomic mass is 16.4. The summed E-state index contributed by atoms with van der Waals surface area (Å²) in [5.41, 5.74) is 1.71. The first-order chi connectivity index (χ1) is 16.9. The predicted molar refractivity (Wildman–Crippen MR) is 130 cm³/mol. The molecule has 4 atom stereocenters. The number of fused-ring (bicyclic) bond motifs is 1. The number of amides is 2. The van der Waals surface area contributed by atoms with Crippen molar-refractivity contribution in [3.05, 3.63) is 101 Å². The number of phenols is 1. The Labute approximate surface area is 202 Å². The van der Waals surface area contributed by atoms with Crippen molar-refractivity contribution >= 4 is 29.9 Å². The molecule has 2 amide bonds. The first kappa shape index (κ1) is 22.6. The van der Waals surface area contributed by atoms with Gasteiger partial charge in [0.15, 0.2) is 0 Å². The van der Waals surface area contributed by atoms with Crippen LogP contribution in [0.4, 0.5) is 0 Å². The Morgan fingerprint density at radius 3 is 2.11 bits per heavy atom. The van der Waals surface area contributed by atoms with Gasteiger partial charge in [-0.2, -0.15) is 0 Å². The molecule has 7 nitrogen and oxygen atoms in total. The molecule has 0 saturated carbocycles. The molecule has 7 heteroatoms. The van der Waals surface area contributed by atoms with E-state index in [1.165, 1.54) is 12.1 Å². The number of hydrogen-bond acceptors (Lipinski definition) is 5. The van der Waals surface area contributed by atoms with Gasteiger partial charge >= 0.3 is 5.97 Å². The number of aromatic hydroxyl groups is 1. The highest BCUT2D eigenvalue weighted by Gasteiger charge is 2.66. The molecule has 0 bridgehead atoms. The summed E-state index contributed by atoms with van der Waals surface area (Å²) in [4.78, 5) is 38.2. The van der Waals surface area contributed by atoms with E-state index in [1.807, 2.05) is 66.7 Å². The Morgan fingerprint density at radius 2 is 1.49 bits per heavy atom. The summed E-state index contributed by atoms with van der Waals surface area (Å²) in [6.07, 6.45) is 3.95. The number of carboxylic acids is 1. The summed E-state index contributed by atoms with van der Waals surface area (Å²) in [5.74, 6) is -4.11. The Balaban J connectivity index is 1.47. The summed E-state index contributed by atoms with van der Waals surface area (Å²) in [7, 11) is 0. The Bertz CT molecular complexity index is 1300. The van der Waals surface area contributed by atoms with E-state index in [4.69, 9.17) is 0 Å². The molecular weight excluding hydrogens is 444 g/mol. The number of benzene rings is 3. The first-order valence-corrected chi connectivity index (χ1v) is 11.3. The number of rotatable bonds is 6. The maximum Gasteiger partial charge on any atom is 0.325 e. The van der Waals surface area contributed by atoms with Gasteiger partial charge in [-0.1, -0.05) is 78.9 Å². The van der Waals surface area contributed by atoms with Crippen LogP contribution in [0.2, 0.25) is 0 Å². The van der Waals surface area contributed by atoms with Gasteiger partial charge in [0, 0.05) is 12.5 Å². The first-order valence-electron chi connectivity index (χ1n) is 11.3. The third-order valence-electron chi connectivity index (χ3n) is 6.86. The summed E-state index contributed by atoms with van der Waals surface area (Å²) < 4.78 is 0. The van der Waals surface area contributed by atoms with Crippen molar-refractivity contribution in [2.45, 2.75) is 18.0 Å². The number of nitrogens with one attached hydrogen (secondary N) is 2. The van der Waals surface area contributed by atoms with E-state index in [2.05, 4.69) is 10.6 Å². The molecule has 0 spiro atoms. The monoisotopic (exact) mass is 468 g/mol. The van der Waals surface area contributed by atoms with Crippen LogP contribution in [0.3, 0.4) is 0 Å². The van der Waals surface area contributed by atoms with Crippen LogP contribution >= 0.6 is 0 Å². The minimum absolute atomic E-state index is 0.0150. The third kappa shape index (κ3) is 4.11. The zero-order valence-electron chi connectivity index (χ0n) is 18.7. The van der Waals surface area contributed by atoms with E-state index in [1.54, 1.807) is 12.1 Å². The minimum atomic E-state index is -1.67. The predicted octanol–water partition coefficient (Wildman–Crippen LogP) is 3.16. The SMILES string of the molecule is O=C1NC(=O)C2C1C(c1ccc(/C=C/c3ccccc3)cc1)NC2(Cc1ccc(O)cc1)C(=O)O. The molecule has 2 fully saturated rings. The van der Waals surface area contributed by atoms with E-state index in [9.17, 15) is 24.6 Å². The average Bonchev–Trinajstić information content (AvgIpc) is 3.36. The lowest BCUT2D eigenvalue weighted by atomic mass is 9.76. The van der Waals surface area contributed by atoms with Crippen LogP contribution in [-0.2, 0) is 20.8 Å². The van der Waals surface area contributed by atoms with E-state index < -0.39 is 41.2 Å². The molecule has 2 aliphatic rings. The van der Waals surface area contributed by atoms with Gasteiger partial charge in [0.25, 0.3) is 0 Å². The van der Waals surface area contributed by atoms with Gasteiger partial charge in [0.2, 0.25) is 11.8 Å². The van der Waals surface area contributed by atoms with Gasteiger partial charge in [0.1, 0.15) is 11.3 Å². The fourth-order valence-electron chi connectivity index (χ4n) is 5.16. The van der Waals surface area contributed by atoms with Gasteiger partial charge in [-0.15, -0.1) is 0 Å². The lowest BCUT2D eigenvalue weighted by molar-refractivity contribution is -0.149. The number of imide groups is 1. The standard InChI is InChI=1S/C28H24N2O5/c31-21-14-10-19(11-15-21)16-28(27(34)35)23-22(25(32)29-26(23)33)24(30-28)20-12-8-18(9-13-20)7-6-17-4-2-1-3-5-17/h1-15,22-24,30-31H,16H2,(H,34,35)(H,29,32,33)/b7-6+. The lowest BCUT2D eigenvalue weighted by Gasteiger charge is -2.30. The van der Waals surface area contributed by atoms with Crippen molar-refractivity contribution in [3.63, 3.8) is 0 Å². The van der Waals surface area contributed by atoms with Crippen molar-refractivity contribution in [2.24, 2.45) is 11.8 Å². The molecule has 2 saturated heterocycles. The number of carbonyl (C=O) groups is 3. The van der Waals surface area contributed by atoms with Crippen LogP contribution in [0.1, 0.15) is 28.3 Å². The third-order valence-corrected chi connectivity index (χ3v) is 6.86. The van der Waals surface area contributed by atoms with Crippen LogP contribution < -0.4 is 10.6 Å². The molecule has 4 unspecified atom stereocenters.